The van der Waals surface area contributed by atoms with E-state index in [0.29, 0.717) is 18.9 Å². The van der Waals surface area contributed by atoms with E-state index < -0.39 is 0 Å². The molecule has 20 heavy (non-hydrogen) atoms. The number of hydrogen-bond donors (Lipinski definition) is 2. The number of amides is 2. The zero-order valence-corrected chi connectivity index (χ0v) is 12.4. The average molecular weight is 283 g/mol. The largest absolute Gasteiger partial charge is 0.383 e. The van der Waals surface area contributed by atoms with Gasteiger partial charge in [-0.15, -0.1) is 0 Å². The van der Waals surface area contributed by atoms with Gasteiger partial charge >= 0.3 is 0 Å². The van der Waals surface area contributed by atoms with Crippen LogP contribution >= 0.6 is 0 Å². The van der Waals surface area contributed by atoms with Crippen LogP contribution in [-0.4, -0.2) is 37.8 Å². The number of hydrazone groups is 1. The van der Waals surface area contributed by atoms with Crippen molar-refractivity contribution in [1.82, 2.24) is 10.7 Å². The predicted octanol–water partition coefficient (Wildman–Crippen LogP) is 1.21. The van der Waals surface area contributed by atoms with Crippen LogP contribution in [0.2, 0.25) is 0 Å². The molecule has 0 aromatic carbocycles. The Morgan fingerprint density at radius 1 is 1.25 bits per heavy atom. The van der Waals surface area contributed by atoms with Crippen molar-refractivity contribution in [3.8, 4) is 0 Å². The van der Waals surface area contributed by atoms with Gasteiger partial charge in [0.2, 0.25) is 11.8 Å². The molecule has 0 radical (unpaired) electrons. The zero-order valence-electron chi connectivity index (χ0n) is 12.4. The smallest absolute Gasteiger partial charge is 0.243 e. The Balaban J connectivity index is 2.26. The molecule has 0 atom stereocenters. The molecule has 0 aromatic rings. The summed E-state index contributed by atoms with van der Waals surface area (Å²) in [6, 6.07) is 0. The van der Waals surface area contributed by atoms with E-state index in [2.05, 4.69) is 15.8 Å². The number of carbonyl (C=O) groups is 2. The second-order valence-electron chi connectivity index (χ2n) is 5.18. The van der Waals surface area contributed by atoms with Gasteiger partial charge in [0.15, 0.2) is 0 Å². The molecule has 0 spiro atoms. The number of carbonyl (C=O) groups excluding carboxylic acids is 2. The Bertz CT molecular complexity index is 350. The number of ether oxygens (including phenoxy) is 1. The molecule has 0 unspecified atom stereocenters. The summed E-state index contributed by atoms with van der Waals surface area (Å²) in [5, 5.41) is 6.70. The summed E-state index contributed by atoms with van der Waals surface area (Å²) in [5.74, 6) is -0.0603. The SMILES string of the molecule is COCCNC(=O)C/C(C)=N/NC(=O)C1CCCCC1. The number of hydrogen-bond acceptors (Lipinski definition) is 4. The highest BCUT2D eigenvalue weighted by Crippen LogP contribution is 2.23. The molecule has 1 rings (SSSR count). The first kappa shape index (κ1) is 16.6. The summed E-state index contributed by atoms with van der Waals surface area (Å²) in [6.07, 6.45) is 5.52. The van der Waals surface area contributed by atoms with Gasteiger partial charge in [-0.1, -0.05) is 19.3 Å². The minimum atomic E-state index is -0.116. The van der Waals surface area contributed by atoms with Crippen LogP contribution in [0.1, 0.15) is 45.4 Å². The zero-order chi connectivity index (χ0) is 14.8. The van der Waals surface area contributed by atoms with Crippen molar-refractivity contribution in [1.29, 1.82) is 0 Å². The molecular formula is C14H25N3O3. The maximum absolute atomic E-state index is 11.9. The molecule has 0 aromatic heterocycles. The van der Waals surface area contributed by atoms with Crippen molar-refractivity contribution in [2.75, 3.05) is 20.3 Å². The van der Waals surface area contributed by atoms with E-state index in [0.717, 1.165) is 25.7 Å². The molecule has 2 amide bonds. The molecule has 1 fully saturated rings. The van der Waals surface area contributed by atoms with Gasteiger partial charge in [-0.25, -0.2) is 5.43 Å². The van der Waals surface area contributed by atoms with E-state index in [-0.39, 0.29) is 24.2 Å². The van der Waals surface area contributed by atoms with Crippen LogP contribution in [0.3, 0.4) is 0 Å². The third kappa shape index (κ3) is 6.65. The Morgan fingerprint density at radius 3 is 2.60 bits per heavy atom. The molecule has 6 nitrogen and oxygen atoms in total. The molecule has 0 saturated heterocycles. The first-order valence-corrected chi connectivity index (χ1v) is 7.22. The minimum absolute atomic E-state index is 0.0242. The molecule has 0 aliphatic heterocycles. The summed E-state index contributed by atoms with van der Waals surface area (Å²) in [6.45, 7) is 2.70. The van der Waals surface area contributed by atoms with E-state index in [1.54, 1.807) is 14.0 Å². The van der Waals surface area contributed by atoms with E-state index >= 15 is 0 Å². The lowest BCUT2D eigenvalue weighted by Gasteiger charge is -2.19. The lowest BCUT2D eigenvalue weighted by molar-refractivity contribution is -0.126. The highest BCUT2D eigenvalue weighted by atomic mass is 16.5. The molecule has 1 saturated carbocycles. The monoisotopic (exact) mass is 283 g/mol. The van der Waals surface area contributed by atoms with Gasteiger partial charge in [-0.2, -0.15) is 5.10 Å². The van der Waals surface area contributed by atoms with Crippen LogP contribution in [0.15, 0.2) is 5.10 Å². The molecular weight excluding hydrogens is 258 g/mol. The maximum atomic E-state index is 11.9. The van der Waals surface area contributed by atoms with Gasteiger partial charge in [-0.3, -0.25) is 9.59 Å². The normalized spacial score (nSPS) is 16.8. The lowest BCUT2D eigenvalue weighted by Crippen LogP contribution is -2.31. The van der Waals surface area contributed by atoms with Crippen molar-refractivity contribution in [3.05, 3.63) is 0 Å². The van der Waals surface area contributed by atoms with Gasteiger partial charge in [0.25, 0.3) is 0 Å². The highest BCUT2D eigenvalue weighted by molar-refractivity contribution is 6.00. The molecule has 0 heterocycles. The number of nitrogens with zero attached hydrogens (tertiary/aromatic N) is 1. The van der Waals surface area contributed by atoms with Crippen LogP contribution in [0.25, 0.3) is 0 Å². The van der Waals surface area contributed by atoms with Crippen molar-refractivity contribution < 1.29 is 14.3 Å². The molecule has 2 N–H and O–H groups in total. The second kappa shape index (κ2) is 9.47. The van der Waals surface area contributed by atoms with E-state index in [1.165, 1.54) is 6.42 Å². The molecule has 1 aliphatic rings. The van der Waals surface area contributed by atoms with Crippen LogP contribution in [0, 0.1) is 5.92 Å². The van der Waals surface area contributed by atoms with E-state index in [9.17, 15) is 9.59 Å². The Kier molecular flexibility index (Phi) is 7.87. The lowest BCUT2D eigenvalue weighted by atomic mass is 9.89. The average Bonchev–Trinajstić information content (AvgIpc) is 2.46. The van der Waals surface area contributed by atoms with Gasteiger partial charge < -0.3 is 10.1 Å². The van der Waals surface area contributed by atoms with Crippen LogP contribution in [0.5, 0.6) is 0 Å². The molecule has 114 valence electrons. The van der Waals surface area contributed by atoms with Crippen molar-refractivity contribution in [2.24, 2.45) is 11.0 Å². The van der Waals surface area contributed by atoms with Gasteiger partial charge in [0, 0.05) is 25.3 Å². The first-order valence-electron chi connectivity index (χ1n) is 7.22. The molecule has 6 heteroatoms. The van der Waals surface area contributed by atoms with Crippen molar-refractivity contribution >= 4 is 17.5 Å². The fourth-order valence-corrected chi connectivity index (χ4v) is 2.23. The number of rotatable bonds is 7. The quantitative estimate of drug-likeness (QED) is 0.419. The second-order valence-corrected chi connectivity index (χ2v) is 5.18. The summed E-state index contributed by atoms with van der Waals surface area (Å²) < 4.78 is 4.84. The topological polar surface area (TPSA) is 79.8 Å². The fourth-order valence-electron chi connectivity index (χ4n) is 2.23. The summed E-state index contributed by atoms with van der Waals surface area (Å²) in [4.78, 5) is 23.4. The Labute approximate surface area is 120 Å². The minimum Gasteiger partial charge on any atom is -0.383 e. The van der Waals surface area contributed by atoms with Gasteiger partial charge in [0.05, 0.1) is 13.0 Å². The Hall–Kier alpha value is -1.43. The summed E-state index contributed by atoms with van der Waals surface area (Å²) in [7, 11) is 1.58. The summed E-state index contributed by atoms with van der Waals surface area (Å²) in [5.41, 5.74) is 3.17. The standard InChI is InChI=1S/C14H25N3O3/c1-11(10-13(18)15-8-9-20-2)16-17-14(19)12-6-4-3-5-7-12/h12H,3-10H2,1-2H3,(H,15,18)(H,17,19)/b16-11+. The molecule has 0 bridgehead atoms. The number of methoxy groups -OCH3 is 1. The third-order valence-corrected chi connectivity index (χ3v) is 3.38. The third-order valence-electron chi connectivity index (χ3n) is 3.38. The Morgan fingerprint density at radius 2 is 1.95 bits per heavy atom. The molecule has 1 aliphatic carbocycles. The van der Waals surface area contributed by atoms with E-state index in [1.807, 2.05) is 0 Å². The van der Waals surface area contributed by atoms with Crippen LogP contribution in [0.4, 0.5) is 0 Å². The van der Waals surface area contributed by atoms with Crippen molar-refractivity contribution in [3.63, 3.8) is 0 Å². The summed E-state index contributed by atoms with van der Waals surface area (Å²) >= 11 is 0. The van der Waals surface area contributed by atoms with Gasteiger partial charge in [-0.05, 0) is 19.8 Å². The maximum Gasteiger partial charge on any atom is 0.243 e. The van der Waals surface area contributed by atoms with Crippen LogP contribution in [-0.2, 0) is 14.3 Å². The van der Waals surface area contributed by atoms with Crippen molar-refractivity contribution in [2.45, 2.75) is 45.4 Å². The van der Waals surface area contributed by atoms with Crippen LogP contribution < -0.4 is 10.7 Å². The highest BCUT2D eigenvalue weighted by Gasteiger charge is 2.20. The fraction of sp³-hybridized carbons (Fsp3) is 0.786. The first-order chi connectivity index (χ1) is 9.63. The number of nitrogens with one attached hydrogen (secondary N) is 2. The van der Waals surface area contributed by atoms with E-state index in [4.69, 9.17) is 4.74 Å². The van der Waals surface area contributed by atoms with Gasteiger partial charge in [0.1, 0.15) is 0 Å². The predicted molar refractivity (Wildman–Crippen MR) is 77.3 cm³/mol.